The van der Waals surface area contributed by atoms with Crippen LogP contribution in [-0.2, 0) is 16.1 Å². The summed E-state index contributed by atoms with van der Waals surface area (Å²) in [6, 6.07) is 14.4. The summed E-state index contributed by atoms with van der Waals surface area (Å²) < 4.78 is 16.6. The first kappa shape index (κ1) is 25.8. The number of benzene rings is 2. The molecule has 192 valence electrons. The number of unbranched alkanes of at least 4 members (excludes halogenated alkanes) is 1. The van der Waals surface area contributed by atoms with E-state index in [-0.39, 0.29) is 12.1 Å². The standard InChI is InChI=1S/C29H30N2O6/c1-4-5-15-37-21-10-8-20(9-11-21)27(32)25-26(23-13-12-22(35-2)16-24(23)36-3)31(29(34)28(25)33)18-19-7-6-14-30-17-19/h6-14,16-17,26,32H,4-5,15,18H2,1-3H3/b27-25+. The summed E-state index contributed by atoms with van der Waals surface area (Å²) in [4.78, 5) is 31.0. The number of hydrogen-bond donors (Lipinski definition) is 0. The van der Waals surface area contributed by atoms with Crippen molar-refractivity contribution in [3.05, 3.63) is 89.3 Å². The van der Waals surface area contributed by atoms with Gasteiger partial charge in [-0.15, -0.1) is 0 Å². The number of nitrogens with one attached hydrogen (secondary N) is 1. The molecule has 8 nitrogen and oxygen atoms in total. The monoisotopic (exact) mass is 502 g/mol. The molecule has 2 heterocycles. The fourth-order valence-corrected chi connectivity index (χ4v) is 4.32. The number of likely N-dealkylation sites (tertiary alicyclic amines) is 1. The van der Waals surface area contributed by atoms with Gasteiger partial charge in [0.15, 0.2) is 12.4 Å². The summed E-state index contributed by atoms with van der Waals surface area (Å²) in [5, 5.41) is 13.7. The maximum Gasteiger partial charge on any atom is 0.295 e. The van der Waals surface area contributed by atoms with E-state index in [1.807, 2.05) is 6.07 Å². The number of H-pyrrole nitrogens is 1. The number of aromatic amines is 1. The summed E-state index contributed by atoms with van der Waals surface area (Å²) in [6.45, 7) is 2.79. The molecule has 1 fully saturated rings. The molecule has 4 rings (SSSR count). The summed E-state index contributed by atoms with van der Waals surface area (Å²) >= 11 is 0. The van der Waals surface area contributed by atoms with Crippen molar-refractivity contribution >= 4 is 17.4 Å². The van der Waals surface area contributed by atoms with E-state index >= 15 is 0 Å². The van der Waals surface area contributed by atoms with Gasteiger partial charge in [-0.2, -0.15) is 0 Å². The first-order valence-electron chi connectivity index (χ1n) is 12.1. The molecule has 0 radical (unpaired) electrons. The van der Waals surface area contributed by atoms with Crippen LogP contribution < -0.4 is 24.3 Å². The number of hydrogen-bond acceptors (Lipinski definition) is 6. The molecule has 1 N–H and O–H groups in total. The molecule has 1 unspecified atom stereocenters. The third-order valence-electron chi connectivity index (χ3n) is 6.27. The lowest BCUT2D eigenvalue weighted by molar-refractivity contribution is -0.378. The van der Waals surface area contributed by atoms with Crippen molar-refractivity contribution in [2.45, 2.75) is 32.4 Å². The van der Waals surface area contributed by atoms with E-state index in [4.69, 9.17) is 14.2 Å². The second-order valence-electron chi connectivity index (χ2n) is 8.65. The van der Waals surface area contributed by atoms with Crippen molar-refractivity contribution in [1.82, 2.24) is 4.90 Å². The molecule has 1 aromatic heterocycles. The van der Waals surface area contributed by atoms with Crippen LogP contribution in [0.25, 0.3) is 5.76 Å². The van der Waals surface area contributed by atoms with Crippen molar-refractivity contribution in [1.29, 1.82) is 0 Å². The lowest BCUT2D eigenvalue weighted by atomic mass is 9.94. The zero-order valence-electron chi connectivity index (χ0n) is 21.2. The van der Waals surface area contributed by atoms with Crippen molar-refractivity contribution in [3.8, 4) is 17.2 Å². The Labute approximate surface area is 216 Å². The highest BCUT2D eigenvalue weighted by molar-refractivity contribution is 6.46. The molecule has 8 heteroatoms. The van der Waals surface area contributed by atoms with Crippen LogP contribution in [0.4, 0.5) is 0 Å². The van der Waals surface area contributed by atoms with Crippen molar-refractivity contribution in [2.75, 3.05) is 20.8 Å². The van der Waals surface area contributed by atoms with Gasteiger partial charge in [-0.3, -0.25) is 9.59 Å². The Balaban J connectivity index is 1.80. The van der Waals surface area contributed by atoms with Gasteiger partial charge in [0.25, 0.3) is 5.91 Å². The Morgan fingerprint density at radius 1 is 1.03 bits per heavy atom. The number of ether oxygens (including phenoxy) is 3. The molecule has 0 saturated carbocycles. The molecule has 1 atom stereocenters. The van der Waals surface area contributed by atoms with Crippen LogP contribution >= 0.6 is 0 Å². The highest BCUT2D eigenvalue weighted by Gasteiger charge is 2.45. The zero-order valence-corrected chi connectivity index (χ0v) is 21.2. The zero-order chi connectivity index (χ0) is 26.4. The van der Waals surface area contributed by atoms with E-state index in [0.29, 0.717) is 35.0 Å². The topological polar surface area (TPSA) is 102 Å². The van der Waals surface area contributed by atoms with Gasteiger partial charge in [0.1, 0.15) is 17.2 Å². The number of nitrogens with zero attached hydrogens (tertiary/aromatic N) is 1. The van der Waals surface area contributed by atoms with Crippen molar-refractivity contribution < 1.29 is 33.9 Å². The smallest absolute Gasteiger partial charge is 0.295 e. The molecule has 2 aromatic carbocycles. The van der Waals surface area contributed by atoms with Gasteiger partial charge in [0, 0.05) is 28.8 Å². The maximum atomic E-state index is 13.7. The number of methoxy groups -OCH3 is 2. The number of carbonyl (C=O) groups is 2. The normalized spacial score (nSPS) is 16.6. The van der Waals surface area contributed by atoms with E-state index in [1.54, 1.807) is 60.9 Å². The molecule has 0 spiro atoms. The van der Waals surface area contributed by atoms with Gasteiger partial charge in [-0.1, -0.05) is 31.2 Å². The van der Waals surface area contributed by atoms with Gasteiger partial charge in [0.05, 0.1) is 33.4 Å². The Kier molecular flexibility index (Phi) is 8.08. The van der Waals surface area contributed by atoms with E-state index in [1.165, 1.54) is 19.1 Å². The van der Waals surface area contributed by atoms with Crippen LogP contribution in [0.1, 0.15) is 42.5 Å². The minimum atomic E-state index is -0.936. The molecular weight excluding hydrogens is 472 g/mol. The van der Waals surface area contributed by atoms with E-state index in [2.05, 4.69) is 11.9 Å². The molecule has 1 aliphatic rings. The van der Waals surface area contributed by atoms with Crippen molar-refractivity contribution in [2.24, 2.45) is 0 Å². The van der Waals surface area contributed by atoms with Gasteiger partial charge in [0.2, 0.25) is 5.78 Å². The molecule has 0 bridgehead atoms. The second kappa shape index (κ2) is 11.6. The number of ketones is 1. The average Bonchev–Trinajstić information content (AvgIpc) is 3.18. The lowest BCUT2D eigenvalue weighted by Gasteiger charge is -2.28. The Bertz CT molecular complexity index is 1290. The second-order valence-corrected chi connectivity index (χ2v) is 8.65. The van der Waals surface area contributed by atoms with Crippen molar-refractivity contribution in [3.63, 3.8) is 0 Å². The highest BCUT2D eigenvalue weighted by Crippen LogP contribution is 2.43. The third-order valence-corrected chi connectivity index (χ3v) is 6.27. The van der Waals surface area contributed by atoms with Gasteiger partial charge < -0.3 is 24.2 Å². The summed E-state index contributed by atoms with van der Waals surface area (Å²) in [5.41, 5.74) is 1.48. The summed E-state index contributed by atoms with van der Waals surface area (Å²) in [5.74, 6) is -0.485. The predicted molar refractivity (Wildman–Crippen MR) is 135 cm³/mol. The number of amides is 1. The van der Waals surface area contributed by atoms with Crippen LogP contribution in [0.2, 0.25) is 0 Å². The van der Waals surface area contributed by atoms with Gasteiger partial charge in [-0.25, -0.2) is 4.98 Å². The van der Waals surface area contributed by atoms with Crippen LogP contribution in [0.3, 0.4) is 0 Å². The van der Waals surface area contributed by atoms with E-state index < -0.39 is 23.5 Å². The largest absolute Gasteiger partial charge is 0.872 e. The molecule has 37 heavy (non-hydrogen) atoms. The molecule has 1 amide bonds. The SMILES string of the molecule is CCCCOc1ccc(/C([O-])=C2\C(=O)C(=O)N(Cc3ccc[nH+]c3)C2c2ccc(OC)cc2OC)cc1. The Hall–Kier alpha value is -4.33. The molecular formula is C29H30N2O6. The average molecular weight is 503 g/mol. The number of rotatable bonds is 10. The van der Waals surface area contributed by atoms with E-state index in [0.717, 1.165) is 18.4 Å². The highest BCUT2D eigenvalue weighted by atomic mass is 16.5. The van der Waals surface area contributed by atoms with Gasteiger partial charge >= 0.3 is 0 Å². The third kappa shape index (κ3) is 5.43. The molecule has 0 aliphatic carbocycles. The van der Waals surface area contributed by atoms with Crippen LogP contribution in [0.15, 0.2) is 72.6 Å². The first-order chi connectivity index (χ1) is 18.0. The minimum absolute atomic E-state index is 0.118. The number of carbonyl (C=O) groups excluding carboxylic acids is 2. The fraction of sp³-hybridized carbons (Fsp3) is 0.276. The summed E-state index contributed by atoms with van der Waals surface area (Å²) in [6.07, 6.45) is 5.44. The first-order valence-corrected chi connectivity index (χ1v) is 12.1. The lowest BCUT2D eigenvalue weighted by Crippen LogP contribution is -2.29. The molecule has 1 aliphatic heterocycles. The Morgan fingerprint density at radius 3 is 2.43 bits per heavy atom. The predicted octanol–water partition coefficient (Wildman–Crippen LogP) is 3.12. The Morgan fingerprint density at radius 2 is 1.78 bits per heavy atom. The number of pyridine rings is 1. The molecule has 3 aromatic rings. The van der Waals surface area contributed by atoms with E-state index in [9.17, 15) is 14.7 Å². The maximum absolute atomic E-state index is 13.7. The number of aromatic nitrogens is 1. The van der Waals surface area contributed by atoms with Crippen LogP contribution in [0.5, 0.6) is 17.2 Å². The molecule has 1 saturated heterocycles. The van der Waals surface area contributed by atoms with Crippen LogP contribution in [0, 0.1) is 0 Å². The van der Waals surface area contributed by atoms with Gasteiger partial charge in [-0.05, 0) is 42.3 Å². The minimum Gasteiger partial charge on any atom is -0.872 e. The fourth-order valence-electron chi connectivity index (χ4n) is 4.32. The number of Topliss-reactive ketones (excluding diaryl/α,β-unsaturated/α-hetero) is 1. The summed E-state index contributed by atoms with van der Waals surface area (Å²) in [7, 11) is 3.03. The van der Waals surface area contributed by atoms with Crippen LogP contribution in [-0.4, -0.2) is 37.4 Å². The quantitative estimate of drug-likeness (QED) is 0.183.